The number of imide groups is 1. The van der Waals surface area contributed by atoms with Crippen molar-refractivity contribution < 1.29 is 18.8 Å². The van der Waals surface area contributed by atoms with Crippen LogP contribution in [0.25, 0.3) is 0 Å². The molecule has 1 fully saturated rings. The zero-order chi connectivity index (χ0) is 21.3. The minimum Gasteiger partial charge on any atom is -0.338 e. The van der Waals surface area contributed by atoms with Crippen molar-refractivity contribution in [2.45, 2.75) is 18.9 Å². The number of aromatic nitrogens is 2. The van der Waals surface area contributed by atoms with E-state index in [1.165, 1.54) is 12.1 Å². The van der Waals surface area contributed by atoms with Gasteiger partial charge >= 0.3 is 0 Å². The molecule has 1 aliphatic rings. The number of aryl methyl sites for hydroxylation is 1. The van der Waals surface area contributed by atoms with E-state index >= 15 is 0 Å². The van der Waals surface area contributed by atoms with Gasteiger partial charge in [-0.15, -0.1) is 0 Å². The highest BCUT2D eigenvalue weighted by Crippen LogP contribution is 2.24. The number of nitrogens with one attached hydrogen (secondary N) is 1. The van der Waals surface area contributed by atoms with Gasteiger partial charge in [-0.3, -0.25) is 19.3 Å². The van der Waals surface area contributed by atoms with Crippen LogP contribution in [0.2, 0.25) is 0 Å². The van der Waals surface area contributed by atoms with Crippen molar-refractivity contribution in [3.63, 3.8) is 0 Å². The minimum absolute atomic E-state index is 0.198. The molecule has 0 saturated carbocycles. The van der Waals surface area contributed by atoms with E-state index in [0.29, 0.717) is 22.6 Å². The fourth-order valence-electron chi connectivity index (χ4n) is 3.45. The molecule has 0 spiro atoms. The number of nitrogens with zero attached hydrogens (tertiary/aromatic N) is 3. The van der Waals surface area contributed by atoms with Crippen molar-refractivity contribution >= 4 is 23.4 Å². The molecule has 1 aromatic heterocycles. The number of rotatable bonds is 5. The molecule has 0 aliphatic carbocycles. The number of halogens is 1. The SMILES string of the molecule is Cn1ccnc1C(NC(=O)c1ccc(N2C(=O)CCC2=O)cc1)c1ccc(F)cc1. The van der Waals surface area contributed by atoms with Crippen LogP contribution in [0.3, 0.4) is 0 Å². The summed E-state index contributed by atoms with van der Waals surface area (Å²) in [6.45, 7) is 0. The van der Waals surface area contributed by atoms with Gasteiger partial charge in [-0.2, -0.15) is 0 Å². The molecule has 0 bridgehead atoms. The maximum Gasteiger partial charge on any atom is 0.252 e. The van der Waals surface area contributed by atoms with Gasteiger partial charge in [0, 0.05) is 37.8 Å². The fraction of sp³-hybridized carbons (Fsp3) is 0.182. The van der Waals surface area contributed by atoms with Crippen LogP contribution in [-0.2, 0) is 16.6 Å². The Labute approximate surface area is 172 Å². The molecular weight excluding hydrogens is 387 g/mol. The average Bonchev–Trinajstić information content (AvgIpc) is 3.31. The Morgan fingerprint density at radius 1 is 1.03 bits per heavy atom. The van der Waals surface area contributed by atoms with Gasteiger partial charge in [-0.1, -0.05) is 12.1 Å². The number of hydrogen-bond acceptors (Lipinski definition) is 4. The molecule has 1 N–H and O–H groups in total. The van der Waals surface area contributed by atoms with Gasteiger partial charge in [-0.05, 0) is 42.0 Å². The van der Waals surface area contributed by atoms with Crippen molar-refractivity contribution in [2.24, 2.45) is 7.05 Å². The van der Waals surface area contributed by atoms with Gasteiger partial charge in [0.15, 0.2) is 0 Å². The molecule has 30 heavy (non-hydrogen) atoms. The fourth-order valence-corrected chi connectivity index (χ4v) is 3.45. The highest BCUT2D eigenvalue weighted by atomic mass is 19.1. The normalized spacial score (nSPS) is 14.8. The van der Waals surface area contributed by atoms with Crippen LogP contribution in [0.1, 0.15) is 40.6 Å². The summed E-state index contributed by atoms with van der Waals surface area (Å²) in [5, 5.41) is 2.93. The predicted molar refractivity (Wildman–Crippen MR) is 107 cm³/mol. The number of amides is 3. The zero-order valence-electron chi connectivity index (χ0n) is 16.2. The largest absolute Gasteiger partial charge is 0.338 e. The first-order chi connectivity index (χ1) is 14.4. The van der Waals surface area contributed by atoms with Crippen molar-refractivity contribution in [2.75, 3.05) is 4.90 Å². The number of anilines is 1. The van der Waals surface area contributed by atoms with E-state index in [1.54, 1.807) is 53.4 Å². The molecule has 8 heteroatoms. The van der Waals surface area contributed by atoms with Crippen molar-refractivity contribution in [1.82, 2.24) is 14.9 Å². The second kappa shape index (κ2) is 7.90. The molecule has 1 unspecified atom stereocenters. The van der Waals surface area contributed by atoms with Crippen molar-refractivity contribution in [1.29, 1.82) is 0 Å². The topological polar surface area (TPSA) is 84.3 Å². The summed E-state index contributed by atoms with van der Waals surface area (Å²) in [7, 11) is 1.81. The Morgan fingerprint density at radius 3 is 2.23 bits per heavy atom. The van der Waals surface area contributed by atoms with Gasteiger partial charge in [0.25, 0.3) is 5.91 Å². The van der Waals surface area contributed by atoms with E-state index in [9.17, 15) is 18.8 Å². The lowest BCUT2D eigenvalue weighted by Crippen LogP contribution is -2.31. The van der Waals surface area contributed by atoms with Crippen LogP contribution < -0.4 is 10.2 Å². The highest BCUT2D eigenvalue weighted by Gasteiger charge is 2.30. The summed E-state index contributed by atoms with van der Waals surface area (Å²) < 4.78 is 15.1. The van der Waals surface area contributed by atoms with Gasteiger partial charge in [0.2, 0.25) is 11.8 Å². The maximum atomic E-state index is 13.4. The summed E-state index contributed by atoms with van der Waals surface area (Å²) in [6, 6.07) is 11.5. The first-order valence-corrected chi connectivity index (χ1v) is 9.43. The Hall–Kier alpha value is -3.81. The first-order valence-electron chi connectivity index (χ1n) is 9.43. The Kier molecular flexibility index (Phi) is 5.14. The zero-order valence-corrected chi connectivity index (χ0v) is 16.2. The maximum absolute atomic E-state index is 13.4. The molecule has 7 nitrogen and oxygen atoms in total. The number of carbonyl (C=O) groups excluding carboxylic acids is 3. The quantitative estimate of drug-likeness (QED) is 0.661. The number of imidazole rings is 1. The van der Waals surface area contributed by atoms with Crippen molar-refractivity contribution in [3.8, 4) is 0 Å². The first kappa shape index (κ1) is 19.5. The molecule has 1 atom stereocenters. The molecule has 4 rings (SSSR count). The van der Waals surface area contributed by atoms with Crippen LogP contribution in [0.5, 0.6) is 0 Å². The number of benzene rings is 2. The second-order valence-electron chi connectivity index (χ2n) is 7.02. The lowest BCUT2D eigenvalue weighted by molar-refractivity contribution is -0.121. The Bertz CT molecular complexity index is 1090. The van der Waals surface area contributed by atoms with Gasteiger partial charge in [0.1, 0.15) is 17.7 Å². The van der Waals surface area contributed by atoms with E-state index < -0.39 is 6.04 Å². The Balaban J connectivity index is 1.58. The van der Waals surface area contributed by atoms with E-state index in [2.05, 4.69) is 10.3 Å². The lowest BCUT2D eigenvalue weighted by atomic mass is 10.0. The number of hydrogen-bond donors (Lipinski definition) is 1. The van der Waals surface area contributed by atoms with Crippen LogP contribution in [0, 0.1) is 5.82 Å². The van der Waals surface area contributed by atoms with Gasteiger partial charge in [-0.25, -0.2) is 9.37 Å². The molecule has 1 saturated heterocycles. The summed E-state index contributed by atoms with van der Waals surface area (Å²) in [5.41, 5.74) is 1.49. The smallest absolute Gasteiger partial charge is 0.252 e. The average molecular weight is 406 g/mol. The lowest BCUT2D eigenvalue weighted by Gasteiger charge is -2.20. The minimum atomic E-state index is -0.584. The molecule has 1 aliphatic heterocycles. The second-order valence-corrected chi connectivity index (χ2v) is 7.02. The van der Waals surface area contributed by atoms with Crippen molar-refractivity contribution in [3.05, 3.63) is 83.7 Å². The van der Waals surface area contributed by atoms with E-state index in [1.807, 2.05) is 7.05 Å². The summed E-state index contributed by atoms with van der Waals surface area (Å²) in [5.74, 6) is -0.630. The molecule has 2 aromatic carbocycles. The van der Waals surface area contributed by atoms with Crippen LogP contribution in [-0.4, -0.2) is 27.3 Å². The summed E-state index contributed by atoms with van der Waals surface area (Å²) in [4.78, 5) is 42.1. The third-order valence-corrected chi connectivity index (χ3v) is 5.03. The predicted octanol–water partition coefficient (Wildman–Crippen LogP) is 2.73. The molecular formula is C22H19FN4O3. The van der Waals surface area contributed by atoms with E-state index in [-0.39, 0.29) is 36.4 Å². The number of carbonyl (C=O) groups is 3. The molecule has 2 heterocycles. The molecule has 152 valence electrons. The van der Waals surface area contributed by atoms with Crippen LogP contribution in [0.15, 0.2) is 60.9 Å². The van der Waals surface area contributed by atoms with Gasteiger partial charge in [0.05, 0.1) is 5.69 Å². The molecule has 3 aromatic rings. The van der Waals surface area contributed by atoms with E-state index in [4.69, 9.17) is 0 Å². The van der Waals surface area contributed by atoms with E-state index in [0.717, 1.165) is 4.90 Å². The molecule has 0 radical (unpaired) electrons. The third kappa shape index (κ3) is 3.71. The van der Waals surface area contributed by atoms with Gasteiger partial charge < -0.3 is 9.88 Å². The standard InChI is InChI=1S/C22H19FN4O3/c1-26-13-12-24-21(26)20(14-2-6-16(23)7-3-14)25-22(30)15-4-8-17(9-5-15)27-18(28)10-11-19(27)29/h2-9,12-13,20H,10-11H2,1H3,(H,25,30). The molecule has 3 amide bonds. The summed E-state index contributed by atoms with van der Waals surface area (Å²) >= 11 is 0. The monoisotopic (exact) mass is 406 g/mol. The summed E-state index contributed by atoms with van der Waals surface area (Å²) in [6.07, 6.45) is 3.78. The van der Waals surface area contributed by atoms with Crippen LogP contribution >= 0.6 is 0 Å². The Morgan fingerprint density at radius 2 is 1.67 bits per heavy atom. The highest BCUT2D eigenvalue weighted by molar-refractivity contribution is 6.19. The third-order valence-electron chi connectivity index (χ3n) is 5.03. The van der Waals surface area contributed by atoms with Crippen LogP contribution in [0.4, 0.5) is 10.1 Å².